The normalized spacial score (nSPS) is 18.3. The Morgan fingerprint density at radius 2 is 1.80 bits per heavy atom. The van der Waals surface area contributed by atoms with E-state index < -0.39 is 10.0 Å². The first-order valence-electron chi connectivity index (χ1n) is 8.64. The highest BCUT2D eigenvalue weighted by Gasteiger charge is 2.26. The summed E-state index contributed by atoms with van der Waals surface area (Å²) >= 11 is 1.25. The molecule has 3 rings (SSSR count). The maximum atomic E-state index is 12.5. The number of sulfonamides is 1. The van der Waals surface area contributed by atoms with E-state index >= 15 is 0 Å². The summed E-state index contributed by atoms with van der Waals surface area (Å²) in [5, 5.41) is 1.78. The van der Waals surface area contributed by atoms with Gasteiger partial charge in [-0.1, -0.05) is 43.3 Å². The van der Waals surface area contributed by atoms with Crippen molar-refractivity contribution in [3.63, 3.8) is 0 Å². The quantitative estimate of drug-likeness (QED) is 0.803. The number of piperazine rings is 1. The molecule has 0 saturated carbocycles. The standard InChI is InChI=1S/C18H25N3O2S2/c1-2-20-10-12-21(13-11-20)17(16-7-4-3-5-8-16)15-19-25(22,23)18-9-6-14-24-18/h3-9,14,17,19H,2,10-13,15H2,1H3. The molecule has 0 bridgehead atoms. The Balaban J connectivity index is 1.74. The summed E-state index contributed by atoms with van der Waals surface area (Å²) in [6.45, 7) is 7.59. The Kier molecular flexibility index (Phi) is 6.24. The molecule has 1 unspecified atom stereocenters. The lowest BCUT2D eigenvalue weighted by molar-refractivity contribution is 0.100. The molecule has 1 N–H and O–H groups in total. The van der Waals surface area contributed by atoms with Crippen LogP contribution in [0.1, 0.15) is 18.5 Å². The van der Waals surface area contributed by atoms with Crippen molar-refractivity contribution in [2.45, 2.75) is 17.2 Å². The molecule has 5 nitrogen and oxygen atoms in total. The highest BCUT2D eigenvalue weighted by molar-refractivity contribution is 7.91. The zero-order valence-corrected chi connectivity index (χ0v) is 16.1. The Bertz CT molecular complexity index is 740. The van der Waals surface area contributed by atoms with Crippen LogP contribution < -0.4 is 4.72 Å². The van der Waals surface area contributed by atoms with Gasteiger partial charge in [-0.3, -0.25) is 4.90 Å². The minimum absolute atomic E-state index is 0.0509. The first-order chi connectivity index (χ1) is 12.1. The van der Waals surface area contributed by atoms with Crippen molar-refractivity contribution in [2.24, 2.45) is 0 Å². The number of hydrogen-bond acceptors (Lipinski definition) is 5. The van der Waals surface area contributed by atoms with E-state index in [4.69, 9.17) is 0 Å². The molecular formula is C18H25N3O2S2. The first-order valence-corrected chi connectivity index (χ1v) is 11.0. The predicted molar refractivity (Wildman–Crippen MR) is 102 cm³/mol. The van der Waals surface area contributed by atoms with E-state index in [0.717, 1.165) is 38.3 Å². The van der Waals surface area contributed by atoms with Gasteiger partial charge in [0.2, 0.25) is 10.0 Å². The zero-order valence-electron chi connectivity index (χ0n) is 14.5. The Morgan fingerprint density at radius 3 is 2.40 bits per heavy atom. The highest BCUT2D eigenvalue weighted by atomic mass is 32.2. The number of nitrogens with one attached hydrogen (secondary N) is 1. The highest BCUT2D eigenvalue weighted by Crippen LogP contribution is 2.23. The van der Waals surface area contributed by atoms with Gasteiger partial charge in [0.25, 0.3) is 0 Å². The monoisotopic (exact) mass is 379 g/mol. The summed E-state index contributed by atoms with van der Waals surface area (Å²) in [6, 6.07) is 13.6. The molecule has 1 aromatic carbocycles. The van der Waals surface area contributed by atoms with Crippen LogP contribution in [0.3, 0.4) is 0 Å². The summed E-state index contributed by atoms with van der Waals surface area (Å²) in [5.41, 5.74) is 1.15. The molecular weight excluding hydrogens is 354 g/mol. The minimum Gasteiger partial charge on any atom is -0.301 e. The number of thiophene rings is 1. The van der Waals surface area contributed by atoms with Gasteiger partial charge in [-0.15, -0.1) is 11.3 Å². The molecule has 2 aromatic rings. The van der Waals surface area contributed by atoms with Crippen molar-refractivity contribution in [2.75, 3.05) is 39.3 Å². The first kappa shape index (κ1) is 18.5. The van der Waals surface area contributed by atoms with Crippen molar-refractivity contribution in [3.8, 4) is 0 Å². The summed E-state index contributed by atoms with van der Waals surface area (Å²) in [4.78, 5) is 4.81. The van der Waals surface area contributed by atoms with E-state index in [1.54, 1.807) is 17.5 Å². The zero-order chi connectivity index (χ0) is 17.7. The lowest BCUT2D eigenvalue weighted by Gasteiger charge is -2.39. The second-order valence-corrected chi connectivity index (χ2v) is 9.12. The number of nitrogens with zero attached hydrogens (tertiary/aromatic N) is 2. The van der Waals surface area contributed by atoms with Gasteiger partial charge >= 0.3 is 0 Å². The number of benzene rings is 1. The molecule has 0 aliphatic carbocycles. The summed E-state index contributed by atoms with van der Waals surface area (Å²) in [6.07, 6.45) is 0. The molecule has 2 heterocycles. The SMILES string of the molecule is CCN1CCN(C(CNS(=O)(=O)c2cccs2)c2ccccc2)CC1. The van der Waals surface area contributed by atoms with Crippen molar-refractivity contribution >= 4 is 21.4 Å². The predicted octanol–water partition coefficient (Wildman–Crippen LogP) is 2.41. The smallest absolute Gasteiger partial charge is 0.250 e. The molecule has 1 atom stereocenters. The fraction of sp³-hybridized carbons (Fsp3) is 0.444. The average molecular weight is 380 g/mol. The third kappa shape index (κ3) is 4.68. The molecule has 1 aromatic heterocycles. The van der Waals surface area contributed by atoms with Crippen LogP contribution in [0, 0.1) is 0 Å². The second kappa shape index (κ2) is 8.42. The molecule has 1 aliphatic heterocycles. The summed E-state index contributed by atoms with van der Waals surface area (Å²) in [7, 11) is -3.44. The van der Waals surface area contributed by atoms with E-state index in [0.29, 0.717) is 10.8 Å². The Morgan fingerprint density at radius 1 is 1.08 bits per heavy atom. The largest absolute Gasteiger partial charge is 0.301 e. The van der Waals surface area contributed by atoms with Gasteiger partial charge in [-0.2, -0.15) is 0 Å². The van der Waals surface area contributed by atoms with Gasteiger partial charge in [-0.05, 0) is 23.6 Å². The van der Waals surface area contributed by atoms with Crippen LogP contribution in [0.15, 0.2) is 52.1 Å². The fourth-order valence-electron chi connectivity index (χ4n) is 3.20. The van der Waals surface area contributed by atoms with E-state index in [-0.39, 0.29) is 6.04 Å². The molecule has 1 aliphatic rings. The number of likely N-dealkylation sites (N-methyl/N-ethyl adjacent to an activating group) is 1. The van der Waals surface area contributed by atoms with Gasteiger partial charge < -0.3 is 4.90 Å². The van der Waals surface area contributed by atoms with Crippen LogP contribution in [0.4, 0.5) is 0 Å². The van der Waals surface area contributed by atoms with Crippen LogP contribution in [0.5, 0.6) is 0 Å². The molecule has 25 heavy (non-hydrogen) atoms. The minimum atomic E-state index is -3.44. The van der Waals surface area contributed by atoms with Gasteiger partial charge in [-0.25, -0.2) is 13.1 Å². The Hall–Kier alpha value is -1.25. The van der Waals surface area contributed by atoms with E-state index in [2.05, 4.69) is 33.6 Å². The van der Waals surface area contributed by atoms with Crippen LogP contribution in [-0.2, 0) is 10.0 Å². The number of hydrogen-bond donors (Lipinski definition) is 1. The van der Waals surface area contributed by atoms with E-state index in [1.165, 1.54) is 11.3 Å². The van der Waals surface area contributed by atoms with Gasteiger partial charge in [0, 0.05) is 38.8 Å². The van der Waals surface area contributed by atoms with Crippen molar-refractivity contribution < 1.29 is 8.42 Å². The van der Waals surface area contributed by atoms with Gasteiger partial charge in [0.15, 0.2) is 0 Å². The van der Waals surface area contributed by atoms with E-state index in [9.17, 15) is 8.42 Å². The molecule has 0 spiro atoms. The van der Waals surface area contributed by atoms with Gasteiger partial charge in [0.1, 0.15) is 4.21 Å². The van der Waals surface area contributed by atoms with Gasteiger partial charge in [0.05, 0.1) is 0 Å². The van der Waals surface area contributed by atoms with Crippen molar-refractivity contribution in [1.29, 1.82) is 0 Å². The topological polar surface area (TPSA) is 52.6 Å². The van der Waals surface area contributed by atoms with Crippen molar-refractivity contribution in [1.82, 2.24) is 14.5 Å². The molecule has 136 valence electrons. The molecule has 0 amide bonds. The maximum absolute atomic E-state index is 12.5. The average Bonchev–Trinajstić information content (AvgIpc) is 3.19. The lowest BCUT2D eigenvalue weighted by Crippen LogP contribution is -2.49. The Labute approximate surface area is 154 Å². The van der Waals surface area contributed by atoms with Crippen molar-refractivity contribution in [3.05, 3.63) is 53.4 Å². The fourth-order valence-corrected chi connectivity index (χ4v) is 5.28. The molecule has 1 saturated heterocycles. The summed E-state index contributed by atoms with van der Waals surface area (Å²) < 4.78 is 28.1. The van der Waals surface area contributed by atoms with E-state index in [1.807, 2.05) is 18.2 Å². The van der Waals surface area contributed by atoms with Crippen LogP contribution in [-0.4, -0.2) is 57.5 Å². The van der Waals surface area contributed by atoms with Crippen LogP contribution in [0.2, 0.25) is 0 Å². The van der Waals surface area contributed by atoms with Crippen LogP contribution >= 0.6 is 11.3 Å². The third-order valence-electron chi connectivity index (χ3n) is 4.71. The number of rotatable bonds is 7. The second-order valence-electron chi connectivity index (χ2n) is 6.18. The van der Waals surface area contributed by atoms with Crippen LogP contribution in [0.25, 0.3) is 0 Å². The maximum Gasteiger partial charge on any atom is 0.250 e. The molecule has 0 radical (unpaired) electrons. The summed E-state index contributed by atoms with van der Waals surface area (Å²) in [5.74, 6) is 0. The lowest BCUT2D eigenvalue weighted by atomic mass is 10.0. The third-order valence-corrected chi connectivity index (χ3v) is 7.53. The molecule has 7 heteroatoms. The molecule has 1 fully saturated rings.